The van der Waals surface area contributed by atoms with Crippen molar-refractivity contribution in [2.45, 2.75) is 110 Å². The zero-order chi connectivity index (χ0) is 41.8. The SMILES string of the molecule is C=C[C@@H]1C[C@]1(NC(=O)C1C[C@@H](Oc2cc(-c3nc(NC(C)C)sc3C)nc3c(Cl)c(OC)ccc23)CN1C(=O)[C@@H](NC(=O)OC1C[C@@H]2C[C@@H]2C1)C(C)(C)C)C(=O)OC. The lowest BCUT2D eigenvalue weighted by atomic mass is 9.85. The summed E-state index contributed by atoms with van der Waals surface area (Å²) in [7, 11) is 2.79. The highest BCUT2D eigenvalue weighted by molar-refractivity contribution is 7.16. The van der Waals surface area contributed by atoms with Crippen LogP contribution in [0.4, 0.5) is 9.93 Å². The summed E-state index contributed by atoms with van der Waals surface area (Å²) < 4.78 is 23.2. The van der Waals surface area contributed by atoms with Crippen LogP contribution in [-0.4, -0.2) is 95.4 Å². The topological polar surface area (TPSA) is 170 Å². The van der Waals surface area contributed by atoms with Crippen LogP contribution in [0.3, 0.4) is 0 Å². The van der Waals surface area contributed by atoms with Crippen LogP contribution in [0.5, 0.6) is 11.5 Å². The molecule has 312 valence electrons. The lowest BCUT2D eigenvalue weighted by Crippen LogP contribution is -2.59. The molecule has 14 nitrogen and oxygen atoms in total. The van der Waals surface area contributed by atoms with E-state index in [0.29, 0.717) is 52.0 Å². The van der Waals surface area contributed by atoms with Gasteiger partial charge in [0.1, 0.15) is 52.0 Å². The molecular weight excluding hydrogens is 784 g/mol. The molecule has 0 bridgehead atoms. The monoisotopic (exact) mass is 836 g/mol. The fourth-order valence-corrected chi connectivity index (χ4v) is 9.70. The second kappa shape index (κ2) is 15.9. The van der Waals surface area contributed by atoms with E-state index in [1.807, 2.05) is 41.5 Å². The normalized spacial score (nSPS) is 26.4. The minimum atomic E-state index is -1.30. The summed E-state index contributed by atoms with van der Waals surface area (Å²) in [6.45, 7) is 15.4. The number of methoxy groups -OCH3 is 2. The van der Waals surface area contributed by atoms with E-state index in [0.717, 1.165) is 22.9 Å². The number of rotatable bonds is 13. The Morgan fingerprint density at radius 2 is 1.78 bits per heavy atom. The molecule has 58 heavy (non-hydrogen) atoms. The van der Waals surface area contributed by atoms with E-state index < -0.39 is 53.0 Å². The van der Waals surface area contributed by atoms with Gasteiger partial charge in [0, 0.05) is 34.7 Å². The fourth-order valence-electron chi connectivity index (χ4n) is 8.44. The van der Waals surface area contributed by atoms with Crippen LogP contribution in [0, 0.1) is 30.1 Å². The number of nitrogens with one attached hydrogen (secondary N) is 3. The molecule has 4 aliphatic rings. The number of carbonyl (C=O) groups is 4. The van der Waals surface area contributed by atoms with Gasteiger partial charge in [0.05, 0.1) is 32.0 Å². The maximum atomic E-state index is 14.8. The zero-order valence-corrected chi connectivity index (χ0v) is 35.8. The van der Waals surface area contributed by atoms with Gasteiger partial charge in [-0.2, -0.15) is 0 Å². The van der Waals surface area contributed by atoms with Gasteiger partial charge in [-0.25, -0.2) is 19.6 Å². The average molecular weight is 837 g/mol. The van der Waals surface area contributed by atoms with Gasteiger partial charge in [0.15, 0.2) is 5.13 Å². The molecule has 1 aromatic carbocycles. The maximum absolute atomic E-state index is 14.8. The number of aryl methyl sites for hydroxylation is 1. The summed E-state index contributed by atoms with van der Waals surface area (Å²) in [5.74, 6) is 0.0932. The average Bonchev–Trinajstić information content (AvgIpc) is 3.88. The summed E-state index contributed by atoms with van der Waals surface area (Å²) >= 11 is 8.38. The Kier molecular flexibility index (Phi) is 11.3. The largest absolute Gasteiger partial charge is 0.495 e. The second-order valence-electron chi connectivity index (χ2n) is 17.4. The highest BCUT2D eigenvalue weighted by Crippen LogP contribution is 2.52. The third-order valence-corrected chi connectivity index (χ3v) is 13.0. The van der Waals surface area contributed by atoms with Gasteiger partial charge in [-0.3, -0.25) is 9.59 Å². The van der Waals surface area contributed by atoms with E-state index in [9.17, 15) is 19.2 Å². The number of likely N-dealkylation sites (tertiary alicyclic amines) is 1. The number of anilines is 1. The standard InChI is InChI=1S/C42H53ClN6O8S/c1-10-24-18-42(24,38(52)55-9)48-36(50)29-16-26(19-49(29)37(51)35(41(5,6)7)47-40(53)57-25-14-22-13-23(22)15-25)56-31-17-28(33-21(4)58-39(46-33)44-20(2)3)45-34-27(31)11-12-30(54-8)32(34)43/h10-12,17,20,22-26,29,35H,1,13-16,18-19H2,2-9H3,(H,44,46)(H,47,53)(H,48,50)/t22-,23+,24-,25?,26-,29?,35-,42-/m1/s1. The lowest BCUT2D eigenvalue weighted by molar-refractivity contribution is -0.148. The van der Waals surface area contributed by atoms with Crippen molar-refractivity contribution in [3.8, 4) is 22.9 Å². The molecule has 3 saturated carbocycles. The smallest absolute Gasteiger partial charge is 0.408 e. The van der Waals surface area contributed by atoms with Crippen molar-refractivity contribution >= 4 is 62.8 Å². The van der Waals surface area contributed by atoms with Crippen molar-refractivity contribution in [3.05, 3.63) is 40.8 Å². The molecule has 2 unspecified atom stereocenters. The number of amides is 3. The predicted molar refractivity (Wildman–Crippen MR) is 221 cm³/mol. The molecule has 3 heterocycles. The Hall–Kier alpha value is -4.63. The van der Waals surface area contributed by atoms with E-state index >= 15 is 0 Å². The zero-order valence-electron chi connectivity index (χ0n) is 34.3. The molecule has 7 rings (SSSR count). The van der Waals surface area contributed by atoms with Crippen LogP contribution in [-0.2, 0) is 23.9 Å². The first-order valence-corrected chi connectivity index (χ1v) is 21.0. The summed E-state index contributed by atoms with van der Waals surface area (Å²) in [4.78, 5) is 67.6. The van der Waals surface area contributed by atoms with Gasteiger partial charge in [0.2, 0.25) is 11.8 Å². The van der Waals surface area contributed by atoms with Crippen molar-refractivity contribution in [2.75, 3.05) is 26.1 Å². The van der Waals surface area contributed by atoms with Crippen molar-refractivity contribution in [3.63, 3.8) is 0 Å². The van der Waals surface area contributed by atoms with Crippen LogP contribution >= 0.6 is 22.9 Å². The Morgan fingerprint density at radius 1 is 1.05 bits per heavy atom. The lowest BCUT2D eigenvalue weighted by Gasteiger charge is -2.35. The van der Waals surface area contributed by atoms with Crippen LogP contribution in [0.2, 0.25) is 5.02 Å². The Bertz CT molecular complexity index is 2130. The number of aromatic nitrogens is 2. The van der Waals surface area contributed by atoms with E-state index in [1.165, 1.54) is 36.9 Å². The molecule has 1 aliphatic heterocycles. The summed E-state index contributed by atoms with van der Waals surface area (Å²) in [5, 5.41) is 10.7. The van der Waals surface area contributed by atoms with Crippen molar-refractivity contribution in [1.82, 2.24) is 25.5 Å². The van der Waals surface area contributed by atoms with E-state index in [2.05, 4.69) is 22.5 Å². The third-order valence-electron chi connectivity index (χ3n) is 11.7. The summed E-state index contributed by atoms with van der Waals surface area (Å²) in [6.07, 6.45) is 3.26. The first kappa shape index (κ1) is 41.5. The first-order chi connectivity index (χ1) is 27.5. The second-order valence-corrected chi connectivity index (χ2v) is 19.0. The number of nitrogens with zero attached hydrogens (tertiary/aromatic N) is 3. The van der Waals surface area contributed by atoms with Gasteiger partial charge >= 0.3 is 12.1 Å². The quantitative estimate of drug-likeness (QED) is 0.124. The number of pyridine rings is 1. The molecular formula is C42H53ClN6O8S. The number of alkyl carbamates (subject to hydrolysis) is 1. The van der Waals surface area contributed by atoms with E-state index in [4.69, 9.17) is 40.5 Å². The number of halogens is 1. The van der Waals surface area contributed by atoms with Crippen LogP contribution in [0.1, 0.15) is 71.6 Å². The molecule has 16 heteroatoms. The number of hydrogen-bond donors (Lipinski definition) is 3. The minimum Gasteiger partial charge on any atom is -0.495 e. The van der Waals surface area contributed by atoms with Gasteiger partial charge < -0.3 is 39.8 Å². The minimum absolute atomic E-state index is 0.0104. The maximum Gasteiger partial charge on any atom is 0.408 e. The van der Waals surface area contributed by atoms with Gasteiger partial charge in [-0.15, -0.1) is 17.9 Å². The number of fused-ring (bicyclic) bond motifs is 2. The van der Waals surface area contributed by atoms with Gasteiger partial charge in [-0.05, 0) is 75.8 Å². The number of hydrogen-bond acceptors (Lipinski definition) is 12. The van der Waals surface area contributed by atoms with E-state index in [1.54, 1.807) is 24.3 Å². The summed E-state index contributed by atoms with van der Waals surface area (Å²) in [5.41, 5.74) is -0.475. The fraction of sp³-hybridized carbons (Fsp3) is 0.571. The van der Waals surface area contributed by atoms with Crippen molar-refractivity contribution in [2.24, 2.45) is 23.2 Å². The molecule has 0 radical (unpaired) electrons. The Labute approximate surface area is 347 Å². The third kappa shape index (κ3) is 8.16. The molecule has 4 fully saturated rings. The molecule has 3 amide bonds. The highest BCUT2D eigenvalue weighted by atomic mass is 35.5. The van der Waals surface area contributed by atoms with Crippen molar-refractivity contribution in [1.29, 1.82) is 0 Å². The number of esters is 1. The number of benzene rings is 1. The van der Waals surface area contributed by atoms with Crippen molar-refractivity contribution < 1.29 is 38.1 Å². The Balaban J connectivity index is 1.22. The molecule has 8 atom stereocenters. The molecule has 1 saturated heterocycles. The van der Waals surface area contributed by atoms with E-state index in [-0.39, 0.29) is 36.1 Å². The predicted octanol–water partition coefficient (Wildman–Crippen LogP) is 6.67. The number of thiazole rings is 1. The molecule has 2 aromatic heterocycles. The molecule has 3 N–H and O–H groups in total. The molecule has 3 aliphatic carbocycles. The Morgan fingerprint density at radius 3 is 2.40 bits per heavy atom. The molecule has 3 aromatic rings. The van der Waals surface area contributed by atoms with Crippen LogP contribution in [0.15, 0.2) is 30.9 Å². The number of ether oxygens (including phenoxy) is 4. The highest BCUT2D eigenvalue weighted by Gasteiger charge is 2.62. The van der Waals surface area contributed by atoms with Crippen LogP contribution < -0.4 is 25.4 Å². The molecule has 0 spiro atoms. The van der Waals surface area contributed by atoms with Gasteiger partial charge in [0.25, 0.3) is 0 Å². The number of carbonyl (C=O) groups excluding carboxylic acids is 4. The van der Waals surface area contributed by atoms with Gasteiger partial charge in [-0.1, -0.05) is 38.4 Å². The summed E-state index contributed by atoms with van der Waals surface area (Å²) in [6, 6.07) is 3.36. The van der Waals surface area contributed by atoms with Crippen LogP contribution in [0.25, 0.3) is 22.3 Å². The first-order valence-electron chi connectivity index (χ1n) is 19.8.